The second-order valence-corrected chi connectivity index (χ2v) is 3.60. The summed E-state index contributed by atoms with van der Waals surface area (Å²) in [5, 5.41) is 2.61. The number of imidazole rings is 1. The summed E-state index contributed by atoms with van der Waals surface area (Å²) in [6.07, 6.45) is 3.26. The third-order valence-electron chi connectivity index (χ3n) is 2.27. The van der Waals surface area contributed by atoms with Gasteiger partial charge in [0.25, 0.3) is 11.5 Å². The van der Waals surface area contributed by atoms with Crippen molar-refractivity contribution in [3.05, 3.63) is 52.0 Å². The van der Waals surface area contributed by atoms with Gasteiger partial charge in [0, 0.05) is 18.1 Å². The normalized spacial score (nSPS) is 10.2. The summed E-state index contributed by atoms with van der Waals surface area (Å²) >= 11 is 0. The number of hydrogen-bond acceptors (Lipinski definition) is 3. The van der Waals surface area contributed by atoms with Crippen molar-refractivity contribution in [3.63, 3.8) is 0 Å². The zero-order valence-electron chi connectivity index (χ0n) is 9.28. The van der Waals surface area contributed by atoms with Crippen LogP contribution in [0, 0.1) is 6.92 Å². The van der Waals surface area contributed by atoms with Gasteiger partial charge >= 0.3 is 0 Å². The highest BCUT2D eigenvalue weighted by atomic mass is 16.2. The maximum atomic E-state index is 11.7. The Bertz CT molecular complexity index is 571. The van der Waals surface area contributed by atoms with Crippen molar-refractivity contribution < 1.29 is 4.79 Å². The van der Waals surface area contributed by atoms with Gasteiger partial charge in [-0.1, -0.05) is 0 Å². The largest absolute Gasteiger partial charge is 0.347 e. The lowest BCUT2D eigenvalue weighted by Crippen LogP contribution is -2.29. The number of carbonyl (C=O) groups excluding carboxylic acids is 1. The average Bonchev–Trinajstić information content (AvgIpc) is 2.78. The van der Waals surface area contributed by atoms with Crippen molar-refractivity contribution in [2.75, 3.05) is 0 Å². The molecular weight excluding hydrogens is 220 g/mol. The smallest absolute Gasteiger partial charge is 0.260 e. The number of H-pyrrole nitrogens is 2. The van der Waals surface area contributed by atoms with E-state index in [-0.39, 0.29) is 17.7 Å². The maximum Gasteiger partial charge on any atom is 0.260 e. The van der Waals surface area contributed by atoms with Crippen molar-refractivity contribution in [2.45, 2.75) is 13.5 Å². The number of amides is 1. The Balaban J connectivity index is 2.07. The molecule has 0 saturated carbocycles. The number of nitrogens with zero attached hydrogens (tertiary/aromatic N) is 1. The molecule has 0 spiro atoms. The number of hydrogen-bond donors (Lipinski definition) is 3. The van der Waals surface area contributed by atoms with Crippen LogP contribution in [0.3, 0.4) is 0 Å². The highest BCUT2D eigenvalue weighted by Gasteiger charge is 2.09. The predicted octanol–water partition coefficient (Wildman–Crippen LogP) is 0.336. The van der Waals surface area contributed by atoms with E-state index < -0.39 is 5.91 Å². The number of aromatic amines is 2. The number of aromatic nitrogens is 3. The van der Waals surface area contributed by atoms with Crippen LogP contribution in [0.25, 0.3) is 0 Å². The van der Waals surface area contributed by atoms with E-state index in [4.69, 9.17) is 0 Å². The molecular formula is C11H12N4O2. The predicted molar refractivity (Wildman–Crippen MR) is 61.6 cm³/mol. The van der Waals surface area contributed by atoms with Gasteiger partial charge in [-0.05, 0) is 19.1 Å². The van der Waals surface area contributed by atoms with E-state index in [0.29, 0.717) is 5.82 Å². The average molecular weight is 232 g/mol. The first-order valence-corrected chi connectivity index (χ1v) is 5.13. The molecule has 6 heteroatoms. The van der Waals surface area contributed by atoms with E-state index in [1.165, 1.54) is 6.07 Å². The number of aryl methyl sites for hydroxylation is 1. The Hall–Kier alpha value is -2.37. The van der Waals surface area contributed by atoms with Gasteiger partial charge < -0.3 is 15.3 Å². The van der Waals surface area contributed by atoms with Crippen LogP contribution in [-0.4, -0.2) is 20.9 Å². The number of carbonyl (C=O) groups is 1. The lowest BCUT2D eigenvalue weighted by Gasteiger charge is -2.02. The molecule has 0 aliphatic heterocycles. The van der Waals surface area contributed by atoms with Crippen LogP contribution < -0.4 is 10.9 Å². The third kappa shape index (κ3) is 2.60. The fraction of sp³-hybridized carbons (Fsp3) is 0.182. The number of nitrogens with one attached hydrogen (secondary N) is 3. The van der Waals surface area contributed by atoms with E-state index in [9.17, 15) is 9.59 Å². The van der Waals surface area contributed by atoms with E-state index in [1.807, 2.05) is 0 Å². The Labute approximate surface area is 97.1 Å². The molecule has 6 nitrogen and oxygen atoms in total. The summed E-state index contributed by atoms with van der Waals surface area (Å²) in [6, 6.07) is 3.19. The molecule has 0 saturated heterocycles. The van der Waals surface area contributed by atoms with E-state index in [2.05, 4.69) is 20.3 Å². The molecule has 2 heterocycles. The first-order chi connectivity index (χ1) is 8.16. The van der Waals surface area contributed by atoms with E-state index >= 15 is 0 Å². The second-order valence-electron chi connectivity index (χ2n) is 3.60. The molecule has 0 radical (unpaired) electrons. The molecule has 3 N–H and O–H groups in total. The van der Waals surface area contributed by atoms with Crippen molar-refractivity contribution >= 4 is 5.91 Å². The van der Waals surface area contributed by atoms with Crippen LogP contribution in [0.15, 0.2) is 29.3 Å². The first kappa shape index (κ1) is 11.1. The summed E-state index contributed by atoms with van der Waals surface area (Å²) in [5.74, 6) is 0.226. The summed E-state index contributed by atoms with van der Waals surface area (Å²) in [6.45, 7) is 2.02. The van der Waals surface area contributed by atoms with E-state index in [1.54, 1.807) is 25.4 Å². The monoisotopic (exact) mass is 232 g/mol. The molecule has 1 amide bonds. The van der Waals surface area contributed by atoms with Crippen molar-refractivity contribution in [1.29, 1.82) is 0 Å². The Morgan fingerprint density at radius 3 is 2.94 bits per heavy atom. The standard InChI is InChI=1S/C11H12N4O2/c1-7-2-3-8(11(17)15-7)10(16)14-6-9-12-4-5-13-9/h2-5H,6H2,1H3,(H,12,13)(H,14,16)(H,15,17). The highest BCUT2D eigenvalue weighted by Crippen LogP contribution is 1.94. The van der Waals surface area contributed by atoms with Crippen LogP contribution in [0.2, 0.25) is 0 Å². The third-order valence-corrected chi connectivity index (χ3v) is 2.27. The fourth-order valence-electron chi connectivity index (χ4n) is 1.40. The summed E-state index contributed by atoms with van der Waals surface area (Å²) < 4.78 is 0. The van der Waals surface area contributed by atoms with E-state index in [0.717, 1.165) is 5.69 Å². The minimum Gasteiger partial charge on any atom is -0.347 e. The summed E-state index contributed by atoms with van der Waals surface area (Å²) in [7, 11) is 0. The van der Waals surface area contributed by atoms with Crippen molar-refractivity contribution in [2.24, 2.45) is 0 Å². The van der Waals surface area contributed by atoms with Gasteiger partial charge in [-0.2, -0.15) is 0 Å². The number of rotatable bonds is 3. The second kappa shape index (κ2) is 4.65. The topological polar surface area (TPSA) is 90.6 Å². The quantitative estimate of drug-likeness (QED) is 0.712. The lowest BCUT2D eigenvalue weighted by molar-refractivity contribution is 0.0948. The van der Waals surface area contributed by atoms with Crippen LogP contribution in [-0.2, 0) is 6.54 Å². The maximum absolute atomic E-state index is 11.7. The summed E-state index contributed by atoms with van der Waals surface area (Å²) in [5.41, 5.74) is 0.432. The molecule has 0 aliphatic rings. The molecule has 0 aromatic carbocycles. The summed E-state index contributed by atoms with van der Waals surface area (Å²) in [4.78, 5) is 32.6. The Kier molecular flexibility index (Phi) is 3.04. The molecule has 0 atom stereocenters. The molecule has 17 heavy (non-hydrogen) atoms. The fourth-order valence-corrected chi connectivity index (χ4v) is 1.40. The molecule has 0 bridgehead atoms. The number of pyridine rings is 1. The molecule has 2 aromatic rings. The zero-order chi connectivity index (χ0) is 12.3. The highest BCUT2D eigenvalue weighted by molar-refractivity contribution is 5.93. The van der Waals surface area contributed by atoms with Crippen molar-refractivity contribution in [3.8, 4) is 0 Å². The Morgan fingerprint density at radius 1 is 1.47 bits per heavy atom. The minimum absolute atomic E-state index is 0.0992. The van der Waals surface area contributed by atoms with Crippen LogP contribution in [0.1, 0.15) is 21.9 Å². The lowest BCUT2D eigenvalue weighted by atomic mass is 10.2. The minimum atomic E-state index is -0.414. The van der Waals surface area contributed by atoms with Gasteiger partial charge in [-0.15, -0.1) is 0 Å². The molecule has 0 unspecified atom stereocenters. The van der Waals surface area contributed by atoms with Gasteiger partial charge in [0.2, 0.25) is 0 Å². The molecule has 88 valence electrons. The molecule has 2 aromatic heterocycles. The van der Waals surface area contributed by atoms with Gasteiger partial charge in [-0.3, -0.25) is 9.59 Å². The van der Waals surface area contributed by atoms with Gasteiger partial charge in [0.05, 0.1) is 6.54 Å². The molecule has 0 fully saturated rings. The van der Waals surface area contributed by atoms with Gasteiger partial charge in [-0.25, -0.2) is 4.98 Å². The molecule has 2 rings (SSSR count). The van der Waals surface area contributed by atoms with Crippen LogP contribution in [0.4, 0.5) is 0 Å². The van der Waals surface area contributed by atoms with Gasteiger partial charge in [0.15, 0.2) is 0 Å². The van der Waals surface area contributed by atoms with Crippen molar-refractivity contribution in [1.82, 2.24) is 20.3 Å². The zero-order valence-corrected chi connectivity index (χ0v) is 9.28. The van der Waals surface area contributed by atoms with Gasteiger partial charge in [0.1, 0.15) is 11.4 Å². The SMILES string of the molecule is Cc1ccc(C(=O)NCc2ncc[nH]2)c(=O)[nH]1. The van der Waals surface area contributed by atoms with Crippen LogP contribution >= 0.6 is 0 Å². The Morgan fingerprint density at radius 2 is 2.29 bits per heavy atom. The first-order valence-electron chi connectivity index (χ1n) is 5.13. The molecule has 0 aliphatic carbocycles. The van der Waals surface area contributed by atoms with Crippen LogP contribution in [0.5, 0.6) is 0 Å².